The number of nitro groups is 1. The lowest BCUT2D eigenvalue weighted by Gasteiger charge is -2.10. The summed E-state index contributed by atoms with van der Waals surface area (Å²) < 4.78 is 17.2. The fourth-order valence-corrected chi connectivity index (χ4v) is 3.81. The zero-order chi connectivity index (χ0) is 21.8. The minimum atomic E-state index is -0.620. The average Bonchev–Trinajstić information content (AvgIpc) is 3.08. The van der Waals surface area contributed by atoms with E-state index < -0.39 is 16.8 Å². The standard InChI is InChI=1S/C19H17N3O7S/c1-27-14-6-4-5-12(17(14)29-3)18(24)20-19-21(10-16(23)28-2)13-9-11(22(25)26)7-8-15(13)30-19/h4-9H,10H2,1-3H3. The third kappa shape index (κ3) is 4.01. The van der Waals surface area contributed by atoms with Gasteiger partial charge in [0.05, 0.1) is 42.0 Å². The number of aromatic nitrogens is 1. The molecule has 0 radical (unpaired) electrons. The normalized spacial score (nSPS) is 11.4. The van der Waals surface area contributed by atoms with Crippen molar-refractivity contribution in [1.82, 2.24) is 4.57 Å². The van der Waals surface area contributed by atoms with Crippen LogP contribution in [-0.4, -0.2) is 42.7 Å². The van der Waals surface area contributed by atoms with Gasteiger partial charge in [0.25, 0.3) is 11.6 Å². The van der Waals surface area contributed by atoms with E-state index >= 15 is 0 Å². The van der Waals surface area contributed by atoms with Crippen LogP contribution in [0.15, 0.2) is 41.4 Å². The van der Waals surface area contributed by atoms with Crippen LogP contribution in [0.1, 0.15) is 10.4 Å². The molecule has 1 heterocycles. The monoisotopic (exact) mass is 431 g/mol. The number of non-ortho nitro benzene ring substituents is 1. The fraction of sp³-hybridized carbons (Fsp3) is 0.211. The summed E-state index contributed by atoms with van der Waals surface area (Å²) >= 11 is 1.12. The molecule has 0 N–H and O–H groups in total. The topological polar surface area (TPSA) is 122 Å². The highest BCUT2D eigenvalue weighted by atomic mass is 32.1. The largest absolute Gasteiger partial charge is 0.493 e. The summed E-state index contributed by atoms with van der Waals surface area (Å²) in [5.74, 6) is -0.613. The summed E-state index contributed by atoms with van der Waals surface area (Å²) in [6.07, 6.45) is 0. The minimum absolute atomic E-state index is 0.147. The summed E-state index contributed by atoms with van der Waals surface area (Å²) in [6.45, 7) is -0.265. The van der Waals surface area contributed by atoms with Crippen molar-refractivity contribution in [3.8, 4) is 11.5 Å². The van der Waals surface area contributed by atoms with Crippen LogP contribution in [0.5, 0.6) is 11.5 Å². The number of thiazole rings is 1. The molecule has 11 heteroatoms. The number of carbonyl (C=O) groups excluding carboxylic acids is 2. The van der Waals surface area contributed by atoms with Gasteiger partial charge in [0.15, 0.2) is 16.3 Å². The van der Waals surface area contributed by atoms with E-state index in [1.165, 1.54) is 44.1 Å². The number of para-hydroxylation sites is 1. The van der Waals surface area contributed by atoms with Crippen LogP contribution in [0.4, 0.5) is 5.69 Å². The predicted molar refractivity (Wildman–Crippen MR) is 108 cm³/mol. The van der Waals surface area contributed by atoms with Gasteiger partial charge in [0, 0.05) is 12.1 Å². The molecule has 0 saturated carbocycles. The minimum Gasteiger partial charge on any atom is -0.493 e. The van der Waals surface area contributed by atoms with Crippen molar-refractivity contribution in [3.05, 3.63) is 56.9 Å². The molecule has 0 atom stereocenters. The van der Waals surface area contributed by atoms with Gasteiger partial charge in [0.1, 0.15) is 6.54 Å². The summed E-state index contributed by atoms with van der Waals surface area (Å²) in [6, 6.07) is 9.02. The lowest BCUT2D eigenvalue weighted by molar-refractivity contribution is -0.384. The van der Waals surface area contributed by atoms with Crippen LogP contribution in [0.2, 0.25) is 0 Å². The van der Waals surface area contributed by atoms with Gasteiger partial charge in [-0.3, -0.25) is 19.7 Å². The molecule has 156 valence electrons. The van der Waals surface area contributed by atoms with Gasteiger partial charge in [0.2, 0.25) is 0 Å². The lowest BCUT2D eigenvalue weighted by atomic mass is 10.2. The number of benzene rings is 2. The van der Waals surface area contributed by atoms with Crippen molar-refractivity contribution in [1.29, 1.82) is 0 Å². The molecule has 2 aromatic carbocycles. The molecular formula is C19H17N3O7S. The highest BCUT2D eigenvalue weighted by Crippen LogP contribution is 2.31. The first-order valence-corrected chi connectivity index (χ1v) is 9.36. The summed E-state index contributed by atoms with van der Waals surface area (Å²) in [4.78, 5) is 39.7. The summed E-state index contributed by atoms with van der Waals surface area (Å²) in [5, 5.41) is 11.1. The molecule has 3 rings (SSSR count). The summed E-state index contributed by atoms with van der Waals surface area (Å²) in [5.41, 5.74) is 0.417. The Labute approximate surface area is 174 Å². The number of carbonyl (C=O) groups is 2. The molecule has 0 unspecified atom stereocenters. The number of fused-ring (bicyclic) bond motifs is 1. The van der Waals surface area contributed by atoms with Crippen LogP contribution < -0.4 is 14.3 Å². The molecular weight excluding hydrogens is 414 g/mol. The predicted octanol–water partition coefficient (Wildman–Crippen LogP) is 2.54. The number of amides is 1. The van der Waals surface area contributed by atoms with E-state index in [4.69, 9.17) is 14.2 Å². The van der Waals surface area contributed by atoms with Gasteiger partial charge in [-0.25, -0.2) is 0 Å². The van der Waals surface area contributed by atoms with Crippen LogP contribution in [0, 0.1) is 10.1 Å². The Bertz CT molecular complexity index is 1210. The van der Waals surface area contributed by atoms with E-state index in [-0.39, 0.29) is 28.3 Å². The van der Waals surface area contributed by atoms with Crippen LogP contribution in [-0.2, 0) is 16.1 Å². The average molecular weight is 431 g/mol. The van der Waals surface area contributed by atoms with Gasteiger partial charge in [-0.15, -0.1) is 0 Å². The molecule has 3 aromatic rings. The third-order valence-corrected chi connectivity index (χ3v) is 5.28. The van der Waals surface area contributed by atoms with Crippen molar-refractivity contribution in [2.75, 3.05) is 21.3 Å². The zero-order valence-electron chi connectivity index (χ0n) is 16.3. The zero-order valence-corrected chi connectivity index (χ0v) is 17.1. The Hall–Kier alpha value is -3.73. The van der Waals surface area contributed by atoms with Crippen molar-refractivity contribution >= 4 is 39.1 Å². The molecule has 0 aliphatic rings. The number of hydrogen-bond acceptors (Lipinski definition) is 8. The van der Waals surface area contributed by atoms with E-state index in [1.54, 1.807) is 18.2 Å². The molecule has 0 saturated heterocycles. The number of ether oxygens (including phenoxy) is 3. The van der Waals surface area contributed by atoms with Gasteiger partial charge in [-0.05, 0) is 18.2 Å². The molecule has 1 amide bonds. The number of nitrogens with zero attached hydrogens (tertiary/aromatic N) is 3. The Morgan fingerprint density at radius 3 is 2.57 bits per heavy atom. The molecule has 0 aliphatic carbocycles. The first-order chi connectivity index (χ1) is 14.4. The maximum Gasteiger partial charge on any atom is 0.325 e. The maximum absolute atomic E-state index is 12.9. The Morgan fingerprint density at radius 2 is 1.93 bits per heavy atom. The van der Waals surface area contributed by atoms with Crippen LogP contribution in [0.25, 0.3) is 10.2 Å². The number of nitro benzene ring substituents is 1. The molecule has 1 aromatic heterocycles. The summed E-state index contributed by atoms with van der Waals surface area (Å²) in [7, 11) is 4.08. The van der Waals surface area contributed by atoms with Gasteiger partial charge in [-0.1, -0.05) is 17.4 Å². The van der Waals surface area contributed by atoms with E-state index in [9.17, 15) is 19.7 Å². The second-order valence-corrected chi connectivity index (χ2v) is 6.92. The van der Waals surface area contributed by atoms with Crippen LogP contribution in [0.3, 0.4) is 0 Å². The van der Waals surface area contributed by atoms with Crippen molar-refractivity contribution in [3.63, 3.8) is 0 Å². The number of rotatable bonds is 6. The third-order valence-electron chi connectivity index (χ3n) is 4.22. The Kier molecular flexibility index (Phi) is 6.11. The fourth-order valence-electron chi connectivity index (χ4n) is 2.81. The number of hydrogen-bond donors (Lipinski definition) is 0. The Morgan fingerprint density at radius 1 is 1.17 bits per heavy atom. The lowest BCUT2D eigenvalue weighted by Crippen LogP contribution is -2.22. The maximum atomic E-state index is 12.9. The van der Waals surface area contributed by atoms with Crippen molar-refractivity contribution in [2.24, 2.45) is 4.99 Å². The molecule has 30 heavy (non-hydrogen) atoms. The van der Waals surface area contributed by atoms with E-state index in [1.807, 2.05) is 0 Å². The second kappa shape index (κ2) is 8.74. The van der Waals surface area contributed by atoms with Gasteiger partial charge in [-0.2, -0.15) is 4.99 Å². The highest BCUT2D eigenvalue weighted by Gasteiger charge is 2.18. The molecule has 0 aliphatic heterocycles. The Balaban J connectivity index is 2.20. The van der Waals surface area contributed by atoms with Crippen molar-refractivity contribution in [2.45, 2.75) is 6.54 Å². The van der Waals surface area contributed by atoms with Crippen LogP contribution >= 0.6 is 11.3 Å². The smallest absolute Gasteiger partial charge is 0.325 e. The quantitative estimate of drug-likeness (QED) is 0.334. The SMILES string of the molecule is COC(=O)Cn1c(=NC(=O)c2cccc(OC)c2OC)sc2ccc([N+](=O)[O-])cc21. The van der Waals surface area contributed by atoms with E-state index in [0.717, 1.165) is 11.3 Å². The number of esters is 1. The first-order valence-electron chi connectivity index (χ1n) is 8.54. The first kappa shape index (κ1) is 21.0. The van der Waals surface area contributed by atoms with Gasteiger partial charge >= 0.3 is 5.97 Å². The second-order valence-electron chi connectivity index (χ2n) is 5.91. The highest BCUT2D eigenvalue weighted by molar-refractivity contribution is 7.16. The van der Waals surface area contributed by atoms with Gasteiger partial charge < -0.3 is 18.8 Å². The van der Waals surface area contributed by atoms with E-state index in [2.05, 4.69) is 4.99 Å². The van der Waals surface area contributed by atoms with Crippen molar-refractivity contribution < 1.29 is 28.7 Å². The molecule has 10 nitrogen and oxygen atoms in total. The number of methoxy groups -OCH3 is 3. The molecule has 0 bridgehead atoms. The molecule has 0 fully saturated rings. The molecule has 0 spiro atoms. The van der Waals surface area contributed by atoms with E-state index in [0.29, 0.717) is 16.0 Å².